The molecular weight excluding hydrogens is 320 g/mol. The highest BCUT2D eigenvalue weighted by molar-refractivity contribution is 6.15. The second-order valence-corrected chi connectivity index (χ2v) is 7.22. The number of allylic oxidation sites excluding steroid dienone is 2. The van der Waals surface area contributed by atoms with E-state index in [2.05, 4.69) is 0 Å². The number of ketones is 2. The first kappa shape index (κ1) is 14.8. The molecule has 0 bridgehead atoms. The molecule has 1 saturated heterocycles. The van der Waals surface area contributed by atoms with Crippen molar-refractivity contribution in [3.63, 3.8) is 0 Å². The zero-order valence-corrected chi connectivity index (χ0v) is 13.3. The molecular formula is C20H15O5. The third kappa shape index (κ3) is 1.89. The lowest BCUT2D eigenvalue weighted by Gasteiger charge is -2.45. The molecule has 0 aromatic heterocycles. The molecule has 0 spiro atoms. The van der Waals surface area contributed by atoms with E-state index in [9.17, 15) is 19.2 Å². The molecule has 1 aromatic carbocycles. The van der Waals surface area contributed by atoms with Gasteiger partial charge in [0.15, 0.2) is 5.78 Å². The third-order valence-corrected chi connectivity index (χ3v) is 6.07. The number of hydrogen-bond donors (Lipinski definition) is 0. The maximum absolute atomic E-state index is 12.9. The van der Waals surface area contributed by atoms with Crippen molar-refractivity contribution >= 4 is 23.5 Å². The van der Waals surface area contributed by atoms with Gasteiger partial charge in [0, 0.05) is 11.5 Å². The van der Waals surface area contributed by atoms with Gasteiger partial charge in [-0.05, 0) is 29.9 Å². The molecule has 125 valence electrons. The lowest BCUT2D eigenvalue weighted by molar-refractivity contribution is -0.153. The van der Waals surface area contributed by atoms with Crippen LogP contribution in [0.15, 0.2) is 35.9 Å². The highest BCUT2D eigenvalue weighted by Crippen LogP contribution is 2.54. The van der Waals surface area contributed by atoms with Gasteiger partial charge >= 0.3 is 11.9 Å². The van der Waals surface area contributed by atoms with Crippen molar-refractivity contribution in [1.82, 2.24) is 0 Å². The Morgan fingerprint density at radius 3 is 2.32 bits per heavy atom. The van der Waals surface area contributed by atoms with E-state index in [0.29, 0.717) is 12.0 Å². The van der Waals surface area contributed by atoms with Crippen molar-refractivity contribution in [3.8, 4) is 0 Å². The van der Waals surface area contributed by atoms with Crippen molar-refractivity contribution in [1.29, 1.82) is 0 Å². The number of hydrogen-bond acceptors (Lipinski definition) is 5. The minimum Gasteiger partial charge on any atom is -0.393 e. The first-order valence-corrected chi connectivity index (χ1v) is 8.52. The lowest BCUT2D eigenvalue weighted by Crippen LogP contribution is -2.48. The van der Waals surface area contributed by atoms with Crippen molar-refractivity contribution < 1.29 is 23.9 Å². The quantitative estimate of drug-likeness (QED) is 0.578. The third-order valence-electron chi connectivity index (χ3n) is 6.07. The number of fused-ring (bicyclic) bond motifs is 4. The molecule has 4 unspecified atom stereocenters. The van der Waals surface area contributed by atoms with Crippen LogP contribution in [0, 0.1) is 24.2 Å². The second-order valence-electron chi connectivity index (χ2n) is 7.22. The number of carbonyl (C=O) groups excluding carboxylic acids is 4. The molecule has 4 aliphatic rings. The monoisotopic (exact) mass is 335 g/mol. The molecule has 0 N–H and O–H groups in total. The van der Waals surface area contributed by atoms with Crippen LogP contribution in [0.1, 0.15) is 35.8 Å². The van der Waals surface area contributed by atoms with E-state index in [1.165, 1.54) is 0 Å². The Morgan fingerprint density at radius 2 is 1.68 bits per heavy atom. The van der Waals surface area contributed by atoms with Crippen LogP contribution in [-0.2, 0) is 23.9 Å². The van der Waals surface area contributed by atoms with Gasteiger partial charge in [-0.1, -0.05) is 30.3 Å². The smallest absolute Gasteiger partial charge is 0.317 e. The summed E-state index contributed by atoms with van der Waals surface area (Å²) in [6.07, 6.45) is 3.96. The minimum absolute atomic E-state index is 0.0214. The van der Waals surface area contributed by atoms with Gasteiger partial charge in [0.2, 0.25) is 0 Å². The summed E-state index contributed by atoms with van der Waals surface area (Å²) in [7, 11) is 0. The molecule has 1 aliphatic heterocycles. The van der Waals surface area contributed by atoms with E-state index >= 15 is 0 Å². The highest BCUT2D eigenvalue weighted by Gasteiger charge is 2.54. The van der Waals surface area contributed by atoms with Crippen LogP contribution in [0.3, 0.4) is 0 Å². The van der Waals surface area contributed by atoms with Crippen molar-refractivity contribution in [2.45, 2.75) is 24.7 Å². The Bertz CT molecular complexity index is 880. The second kappa shape index (κ2) is 4.97. The molecule has 1 saturated carbocycles. The minimum atomic E-state index is -0.570. The standard InChI is InChI=1S/C20H15O5/c21-16-8-14(20(24)25-16)13-7-15-17(10-4-2-1-3-9(10)13)19(23)12-6-5-11(12)18(15)22/h1-6,11,13-15,17H,7-8H2/t11-,13?,14?,15?,17?/m0/s1. The number of rotatable bonds is 1. The van der Waals surface area contributed by atoms with Gasteiger partial charge in [-0.2, -0.15) is 0 Å². The molecule has 5 rings (SSSR count). The van der Waals surface area contributed by atoms with E-state index in [-0.39, 0.29) is 23.9 Å². The maximum atomic E-state index is 12.9. The number of ether oxygens (including phenoxy) is 1. The lowest BCUT2D eigenvalue weighted by atomic mass is 9.55. The van der Waals surface area contributed by atoms with Crippen LogP contribution in [0.2, 0.25) is 0 Å². The zero-order valence-electron chi connectivity index (χ0n) is 13.3. The van der Waals surface area contributed by atoms with Gasteiger partial charge in [0.25, 0.3) is 0 Å². The first-order valence-electron chi connectivity index (χ1n) is 8.52. The summed E-state index contributed by atoms with van der Waals surface area (Å²) in [5.41, 5.74) is 2.32. The number of benzene rings is 1. The van der Waals surface area contributed by atoms with Gasteiger partial charge < -0.3 is 4.74 Å². The molecule has 5 nitrogen and oxygen atoms in total. The molecule has 5 atom stereocenters. The summed E-state index contributed by atoms with van der Waals surface area (Å²) in [4.78, 5) is 49.4. The van der Waals surface area contributed by atoms with Crippen LogP contribution in [0.25, 0.3) is 0 Å². The topological polar surface area (TPSA) is 77.5 Å². The number of carbonyl (C=O) groups is 4. The predicted molar refractivity (Wildman–Crippen MR) is 85.1 cm³/mol. The first-order chi connectivity index (χ1) is 12.1. The van der Waals surface area contributed by atoms with E-state index in [0.717, 1.165) is 11.1 Å². The van der Waals surface area contributed by atoms with Crippen LogP contribution < -0.4 is 0 Å². The Kier molecular flexibility index (Phi) is 2.94. The molecule has 1 aromatic rings. The van der Waals surface area contributed by atoms with Gasteiger partial charge in [0.1, 0.15) is 5.78 Å². The molecule has 1 radical (unpaired) electrons. The van der Waals surface area contributed by atoms with Crippen molar-refractivity contribution in [2.24, 2.45) is 17.8 Å². The molecule has 5 heteroatoms. The van der Waals surface area contributed by atoms with Crippen LogP contribution in [0.4, 0.5) is 0 Å². The average Bonchev–Trinajstić information content (AvgIpc) is 2.89. The predicted octanol–water partition coefficient (Wildman–Crippen LogP) is 1.88. The number of esters is 2. The Balaban J connectivity index is 1.63. The van der Waals surface area contributed by atoms with Crippen LogP contribution in [-0.4, -0.2) is 23.5 Å². The van der Waals surface area contributed by atoms with E-state index in [1.54, 1.807) is 12.5 Å². The van der Waals surface area contributed by atoms with E-state index in [1.807, 2.05) is 24.3 Å². The maximum Gasteiger partial charge on any atom is 0.317 e. The normalized spacial score (nSPS) is 36.0. The van der Waals surface area contributed by atoms with Crippen LogP contribution in [0.5, 0.6) is 0 Å². The summed E-state index contributed by atoms with van der Waals surface area (Å²) < 4.78 is 4.73. The molecule has 25 heavy (non-hydrogen) atoms. The Morgan fingerprint density at radius 1 is 0.920 bits per heavy atom. The van der Waals surface area contributed by atoms with Crippen LogP contribution >= 0.6 is 0 Å². The van der Waals surface area contributed by atoms with Crippen molar-refractivity contribution in [3.05, 3.63) is 53.5 Å². The zero-order chi connectivity index (χ0) is 17.3. The SMILES string of the molecule is O=C1CC(C2CC3C(=O)[C@H]4[CH]C=C4C(=O)C3c3ccccc32)C(=O)O1. The van der Waals surface area contributed by atoms with Crippen molar-refractivity contribution in [2.75, 3.05) is 0 Å². The Hall–Kier alpha value is -2.56. The molecule has 0 amide bonds. The highest BCUT2D eigenvalue weighted by atomic mass is 16.6. The van der Waals surface area contributed by atoms with E-state index < -0.39 is 35.6 Å². The summed E-state index contributed by atoms with van der Waals surface area (Å²) >= 11 is 0. The average molecular weight is 335 g/mol. The van der Waals surface area contributed by atoms with Gasteiger partial charge in [-0.15, -0.1) is 0 Å². The summed E-state index contributed by atoms with van der Waals surface area (Å²) in [5.74, 6) is -3.09. The summed E-state index contributed by atoms with van der Waals surface area (Å²) in [6, 6.07) is 7.48. The number of Topliss-reactive ketones (excluding diaryl/α,β-unsaturated/α-hetero) is 2. The molecule has 3 aliphatic carbocycles. The summed E-state index contributed by atoms with van der Waals surface area (Å²) in [6.45, 7) is 0. The van der Waals surface area contributed by atoms with Gasteiger partial charge in [-0.25, -0.2) is 0 Å². The van der Waals surface area contributed by atoms with E-state index in [4.69, 9.17) is 4.74 Å². The fourth-order valence-electron chi connectivity index (χ4n) is 4.85. The Labute approximate surface area is 144 Å². The van der Waals surface area contributed by atoms with Gasteiger partial charge in [-0.3, -0.25) is 19.2 Å². The molecule has 1 heterocycles. The van der Waals surface area contributed by atoms with Gasteiger partial charge in [0.05, 0.1) is 24.2 Å². The summed E-state index contributed by atoms with van der Waals surface area (Å²) in [5, 5.41) is 0. The fourth-order valence-corrected chi connectivity index (χ4v) is 4.85. The fraction of sp³-hybridized carbons (Fsp3) is 0.350. The number of cyclic esters (lactones) is 2. The molecule has 2 fully saturated rings. The largest absolute Gasteiger partial charge is 0.393 e.